The lowest BCUT2D eigenvalue weighted by molar-refractivity contribution is -0.123. The predicted octanol–water partition coefficient (Wildman–Crippen LogP) is 3.84. The Labute approximate surface area is 161 Å². The van der Waals surface area contributed by atoms with Crippen LogP contribution in [0, 0.1) is 13.8 Å². The number of ether oxygens (including phenoxy) is 3. The van der Waals surface area contributed by atoms with Crippen LogP contribution in [0.4, 0.5) is 0 Å². The third kappa shape index (κ3) is 6.51. The molecule has 2 aromatic carbocycles. The smallest absolute Gasteiger partial charge is 0.257 e. The number of hydrogen-bond acceptors (Lipinski definition) is 4. The first-order chi connectivity index (χ1) is 13.0. The first-order valence-electron chi connectivity index (χ1n) is 9.38. The molecule has 0 spiro atoms. The van der Waals surface area contributed by atoms with Crippen molar-refractivity contribution in [1.29, 1.82) is 0 Å². The molecule has 0 fully saturated rings. The van der Waals surface area contributed by atoms with Crippen molar-refractivity contribution in [2.45, 2.75) is 34.1 Å². The van der Waals surface area contributed by atoms with Gasteiger partial charge in [-0.05, 0) is 69.0 Å². The zero-order chi connectivity index (χ0) is 19.6. The lowest BCUT2D eigenvalue weighted by Crippen LogP contribution is -2.30. The molecule has 0 aliphatic carbocycles. The summed E-state index contributed by atoms with van der Waals surface area (Å²) in [4.78, 5) is 12.0. The summed E-state index contributed by atoms with van der Waals surface area (Å²) in [6.07, 6.45) is 0.710. The van der Waals surface area contributed by atoms with E-state index in [1.54, 1.807) is 0 Å². The molecule has 5 heteroatoms. The van der Waals surface area contributed by atoms with Crippen molar-refractivity contribution in [3.63, 3.8) is 0 Å². The Bertz CT molecular complexity index is 758. The molecule has 0 aliphatic heterocycles. The highest BCUT2D eigenvalue weighted by atomic mass is 16.5. The van der Waals surface area contributed by atoms with Crippen molar-refractivity contribution >= 4 is 5.91 Å². The molecule has 0 heterocycles. The number of hydrogen-bond donors (Lipinski definition) is 1. The summed E-state index contributed by atoms with van der Waals surface area (Å²) in [6, 6.07) is 11.8. The van der Waals surface area contributed by atoms with Crippen LogP contribution in [0.15, 0.2) is 36.4 Å². The van der Waals surface area contributed by atoms with Gasteiger partial charge in [-0.3, -0.25) is 4.79 Å². The van der Waals surface area contributed by atoms with Crippen LogP contribution in [0.3, 0.4) is 0 Å². The SMILES string of the molecule is CCOc1ccc(CCNC(=O)COc2cc(C)ccc2C)cc1OCC. The van der Waals surface area contributed by atoms with Gasteiger partial charge in [-0.15, -0.1) is 0 Å². The van der Waals surface area contributed by atoms with Gasteiger partial charge in [0, 0.05) is 6.54 Å². The van der Waals surface area contributed by atoms with Crippen molar-refractivity contribution in [1.82, 2.24) is 5.32 Å². The van der Waals surface area contributed by atoms with Gasteiger partial charge < -0.3 is 19.5 Å². The minimum Gasteiger partial charge on any atom is -0.490 e. The topological polar surface area (TPSA) is 56.8 Å². The number of carbonyl (C=O) groups excluding carboxylic acids is 1. The van der Waals surface area contributed by atoms with Crippen LogP contribution in [0.2, 0.25) is 0 Å². The zero-order valence-electron chi connectivity index (χ0n) is 16.6. The van der Waals surface area contributed by atoms with Gasteiger partial charge in [-0.1, -0.05) is 18.2 Å². The molecule has 0 atom stereocenters. The molecule has 0 radical (unpaired) electrons. The highest BCUT2D eigenvalue weighted by Crippen LogP contribution is 2.28. The number of benzene rings is 2. The molecule has 2 rings (SSSR count). The average Bonchev–Trinajstić information content (AvgIpc) is 2.65. The Balaban J connectivity index is 1.82. The first kappa shape index (κ1) is 20.6. The maximum Gasteiger partial charge on any atom is 0.257 e. The molecule has 2 aromatic rings. The van der Waals surface area contributed by atoms with E-state index < -0.39 is 0 Å². The van der Waals surface area contributed by atoms with Gasteiger partial charge >= 0.3 is 0 Å². The number of carbonyl (C=O) groups is 1. The number of nitrogens with one attached hydrogen (secondary N) is 1. The highest BCUT2D eigenvalue weighted by Gasteiger charge is 2.08. The van der Waals surface area contributed by atoms with Crippen LogP contribution in [0.25, 0.3) is 0 Å². The van der Waals surface area contributed by atoms with Crippen molar-refractivity contribution in [3.8, 4) is 17.2 Å². The minimum absolute atomic E-state index is 0.0117. The normalized spacial score (nSPS) is 10.4. The van der Waals surface area contributed by atoms with Crippen molar-refractivity contribution in [2.24, 2.45) is 0 Å². The predicted molar refractivity (Wildman–Crippen MR) is 107 cm³/mol. The van der Waals surface area contributed by atoms with Gasteiger partial charge in [0.05, 0.1) is 13.2 Å². The van der Waals surface area contributed by atoms with Crippen LogP contribution in [0.1, 0.15) is 30.5 Å². The molecule has 27 heavy (non-hydrogen) atoms. The van der Waals surface area contributed by atoms with E-state index in [9.17, 15) is 4.79 Å². The van der Waals surface area contributed by atoms with Crippen LogP contribution in [-0.2, 0) is 11.2 Å². The maximum absolute atomic E-state index is 12.0. The Kier molecular flexibility index (Phi) is 7.99. The summed E-state index contributed by atoms with van der Waals surface area (Å²) < 4.78 is 16.8. The fraction of sp³-hybridized carbons (Fsp3) is 0.409. The molecule has 0 aromatic heterocycles. The monoisotopic (exact) mass is 371 g/mol. The van der Waals surface area contributed by atoms with E-state index in [1.807, 2.05) is 64.1 Å². The molecular weight excluding hydrogens is 342 g/mol. The molecule has 0 aliphatic rings. The number of rotatable bonds is 10. The third-order valence-corrected chi connectivity index (χ3v) is 4.05. The number of amides is 1. The second kappa shape index (κ2) is 10.5. The molecule has 5 nitrogen and oxygen atoms in total. The molecule has 1 amide bonds. The Morgan fingerprint density at radius 1 is 0.889 bits per heavy atom. The van der Waals surface area contributed by atoms with E-state index in [0.717, 1.165) is 33.9 Å². The number of aryl methyl sites for hydroxylation is 2. The maximum atomic E-state index is 12.0. The minimum atomic E-state index is -0.133. The summed E-state index contributed by atoms with van der Waals surface area (Å²) in [5.41, 5.74) is 3.21. The summed E-state index contributed by atoms with van der Waals surface area (Å²) >= 11 is 0. The van der Waals surface area contributed by atoms with Crippen LogP contribution < -0.4 is 19.5 Å². The molecule has 146 valence electrons. The molecule has 0 saturated carbocycles. The second-order valence-electron chi connectivity index (χ2n) is 6.30. The average molecular weight is 371 g/mol. The summed E-state index contributed by atoms with van der Waals surface area (Å²) in [6.45, 7) is 9.57. The van der Waals surface area contributed by atoms with E-state index in [0.29, 0.717) is 26.2 Å². The molecule has 0 unspecified atom stereocenters. The van der Waals surface area contributed by atoms with Gasteiger partial charge in [-0.2, -0.15) is 0 Å². The highest BCUT2D eigenvalue weighted by molar-refractivity contribution is 5.77. The summed E-state index contributed by atoms with van der Waals surface area (Å²) in [7, 11) is 0. The summed E-state index contributed by atoms with van der Waals surface area (Å²) in [5, 5.41) is 2.89. The van der Waals surface area contributed by atoms with Crippen molar-refractivity contribution in [2.75, 3.05) is 26.4 Å². The fourth-order valence-corrected chi connectivity index (χ4v) is 2.65. The van der Waals surface area contributed by atoms with Crippen molar-refractivity contribution < 1.29 is 19.0 Å². The standard InChI is InChI=1S/C22H29NO4/c1-5-25-19-10-9-18(14-21(19)26-6-2)11-12-23-22(24)15-27-20-13-16(3)7-8-17(20)4/h7-10,13-14H,5-6,11-12,15H2,1-4H3,(H,23,24). The third-order valence-electron chi connectivity index (χ3n) is 4.05. The van der Waals surface area contributed by atoms with Crippen LogP contribution in [0.5, 0.6) is 17.2 Å². The molecule has 0 bridgehead atoms. The van der Waals surface area contributed by atoms with Gasteiger partial charge in [0.15, 0.2) is 18.1 Å². The molecule has 1 N–H and O–H groups in total. The van der Waals surface area contributed by atoms with Gasteiger partial charge in [0.25, 0.3) is 5.91 Å². The Morgan fingerprint density at radius 2 is 1.63 bits per heavy atom. The Morgan fingerprint density at radius 3 is 2.37 bits per heavy atom. The summed E-state index contributed by atoms with van der Waals surface area (Å²) in [5.74, 6) is 2.10. The van der Waals surface area contributed by atoms with E-state index in [-0.39, 0.29) is 12.5 Å². The van der Waals surface area contributed by atoms with E-state index in [1.165, 1.54) is 0 Å². The van der Waals surface area contributed by atoms with E-state index in [4.69, 9.17) is 14.2 Å². The Hall–Kier alpha value is -2.69. The lowest BCUT2D eigenvalue weighted by Gasteiger charge is -2.13. The van der Waals surface area contributed by atoms with Crippen molar-refractivity contribution in [3.05, 3.63) is 53.1 Å². The van der Waals surface area contributed by atoms with Gasteiger partial charge in [0.2, 0.25) is 0 Å². The van der Waals surface area contributed by atoms with E-state index in [2.05, 4.69) is 5.32 Å². The quantitative estimate of drug-likeness (QED) is 0.689. The molecule has 0 saturated heterocycles. The van der Waals surface area contributed by atoms with E-state index >= 15 is 0 Å². The van der Waals surface area contributed by atoms with Crippen LogP contribution >= 0.6 is 0 Å². The first-order valence-corrected chi connectivity index (χ1v) is 9.38. The van der Waals surface area contributed by atoms with Gasteiger partial charge in [-0.25, -0.2) is 0 Å². The van der Waals surface area contributed by atoms with Crippen LogP contribution in [-0.4, -0.2) is 32.3 Å². The zero-order valence-corrected chi connectivity index (χ0v) is 16.6. The largest absolute Gasteiger partial charge is 0.490 e. The molecular formula is C22H29NO4. The lowest BCUT2D eigenvalue weighted by atomic mass is 10.1. The fourth-order valence-electron chi connectivity index (χ4n) is 2.65. The second-order valence-corrected chi connectivity index (χ2v) is 6.30. The van der Waals surface area contributed by atoms with Gasteiger partial charge in [0.1, 0.15) is 5.75 Å².